The molecule has 1 amide bonds. The van der Waals surface area contributed by atoms with Crippen LogP contribution in [0, 0.1) is 0 Å². The summed E-state index contributed by atoms with van der Waals surface area (Å²) >= 11 is 6.53. The average Bonchev–Trinajstić information content (AvgIpc) is 3.04. The van der Waals surface area contributed by atoms with Crippen molar-refractivity contribution >= 4 is 56.9 Å². The van der Waals surface area contributed by atoms with Crippen LogP contribution in [0.3, 0.4) is 0 Å². The minimum Gasteiger partial charge on any atom is -0.349 e. The van der Waals surface area contributed by atoms with E-state index in [0.717, 1.165) is 20.2 Å². The van der Waals surface area contributed by atoms with Crippen molar-refractivity contribution in [2.24, 2.45) is 0 Å². The molecule has 2 heterocycles. The quantitative estimate of drug-likeness (QED) is 0.762. The Kier molecular flexibility index (Phi) is 7.83. The number of nitrogens with one attached hydrogen (secondary N) is 2. The third-order valence-corrected chi connectivity index (χ3v) is 5.28. The first kappa shape index (κ1) is 18.6. The zero-order valence-corrected chi connectivity index (χ0v) is 15.7. The second-order valence-corrected chi connectivity index (χ2v) is 7.63. The van der Waals surface area contributed by atoms with Crippen LogP contribution in [0.4, 0.5) is 0 Å². The molecule has 0 saturated heterocycles. The molecule has 2 aromatic rings. The summed E-state index contributed by atoms with van der Waals surface area (Å²) in [4.78, 5) is 17.5. The number of halogens is 2. The number of carbonyl (C=O) groups excluding carboxylic acids is 1. The second kappa shape index (κ2) is 8.85. The predicted octanol–water partition coefficient (Wildman–Crippen LogP) is 3.78. The van der Waals surface area contributed by atoms with Gasteiger partial charge >= 0.3 is 0 Å². The lowest BCUT2D eigenvalue weighted by Gasteiger charge is -2.12. The number of carbonyl (C=O) groups is 1. The molecule has 8 heteroatoms. The third-order valence-electron chi connectivity index (χ3n) is 2.64. The molecule has 0 radical (unpaired) electrons. The molecule has 2 aromatic heterocycles. The minimum atomic E-state index is -0.118. The first-order valence-corrected chi connectivity index (χ1v) is 8.82. The monoisotopic (exact) mass is 409 g/mol. The fourth-order valence-electron chi connectivity index (χ4n) is 1.68. The van der Waals surface area contributed by atoms with Gasteiger partial charge in [0.1, 0.15) is 10.7 Å². The zero-order valence-electron chi connectivity index (χ0n) is 11.7. The van der Waals surface area contributed by atoms with E-state index in [0.29, 0.717) is 12.2 Å². The Bertz CT molecular complexity index is 587. The van der Waals surface area contributed by atoms with E-state index in [1.807, 2.05) is 26.0 Å². The summed E-state index contributed by atoms with van der Waals surface area (Å²) in [6.07, 6.45) is 0. The maximum absolute atomic E-state index is 12.0. The van der Waals surface area contributed by atoms with Gasteiger partial charge in [-0.1, -0.05) is 6.92 Å². The maximum atomic E-state index is 12.0. The van der Waals surface area contributed by atoms with Crippen LogP contribution in [0.15, 0.2) is 21.3 Å². The van der Waals surface area contributed by atoms with Crippen molar-refractivity contribution < 1.29 is 4.79 Å². The van der Waals surface area contributed by atoms with Gasteiger partial charge in [0.05, 0.1) is 8.66 Å². The van der Waals surface area contributed by atoms with Crippen LogP contribution in [0.1, 0.15) is 24.3 Å². The van der Waals surface area contributed by atoms with Gasteiger partial charge in [0, 0.05) is 18.0 Å². The number of hydrogen-bond donors (Lipinski definition) is 2. The summed E-state index contributed by atoms with van der Waals surface area (Å²) in [6.45, 7) is 5.58. The van der Waals surface area contributed by atoms with Gasteiger partial charge in [-0.15, -0.1) is 35.1 Å². The van der Waals surface area contributed by atoms with Crippen LogP contribution >= 0.6 is 51.0 Å². The minimum absolute atomic E-state index is 0. The Labute approximate surface area is 146 Å². The molecule has 4 nitrogen and oxygen atoms in total. The van der Waals surface area contributed by atoms with Crippen LogP contribution in [0.2, 0.25) is 0 Å². The van der Waals surface area contributed by atoms with Gasteiger partial charge in [0.15, 0.2) is 0 Å². The highest BCUT2D eigenvalue weighted by Gasteiger charge is 2.13. The summed E-state index contributed by atoms with van der Waals surface area (Å²) < 4.78 is 1.06. The summed E-state index contributed by atoms with van der Waals surface area (Å²) in [5, 5.41) is 8.82. The number of hydrogen-bond acceptors (Lipinski definition) is 5. The molecule has 0 bridgehead atoms. The number of likely N-dealkylation sites (N-methyl/N-ethyl adjacent to an activating group) is 1. The molecule has 2 N–H and O–H groups in total. The SMILES string of the molecule is CCN[C@H](C)CNC(=O)c1csc(-c2ccc(Br)s2)n1.Cl. The molecule has 1 atom stereocenters. The number of aromatic nitrogens is 1. The van der Waals surface area contributed by atoms with Gasteiger partial charge in [-0.3, -0.25) is 4.79 Å². The van der Waals surface area contributed by atoms with Crippen molar-refractivity contribution in [1.82, 2.24) is 15.6 Å². The number of thiophene rings is 1. The van der Waals surface area contributed by atoms with E-state index < -0.39 is 0 Å². The van der Waals surface area contributed by atoms with Crippen molar-refractivity contribution in [3.63, 3.8) is 0 Å². The Morgan fingerprint density at radius 3 is 2.86 bits per heavy atom. The number of rotatable bonds is 6. The van der Waals surface area contributed by atoms with E-state index >= 15 is 0 Å². The molecule has 0 aromatic carbocycles. The molecule has 21 heavy (non-hydrogen) atoms. The van der Waals surface area contributed by atoms with Gasteiger partial charge in [0.2, 0.25) is 0 Å². The zero-order chi connectivity index (χ0) is 14.5. The average molecular weight is 411 g/mol. The Balaban J connectivity index is 0.00000220. The maximum Gasteiger partial charge on any atom is 0.270 e. The first-order chi connectivity index (χ1) is 9.60. The molecule has 0 fully saturated rings. The lowest BCUT2D eigenvalue weighted by Crippen LogP contribution is -2.38. The van der Waals surface area contributed by atoms with Crippen molar-refractivity contribution in [2.45, 2.75) is 19.9 Å². The molecule has 0 spiro atoms. The normalized spacial score (nSPS) is 11.8. The second-order valence-electron chi connectivity index (χ2n) is 4.31. The van der Waals surface area contributed by atoms with Crippen LogP contribution in [0.5, 0.6) is 0 Å². The van der Waals surface area contributed by atoms with E-state index in [4.69, 9.17) is 0 Å². The van der Waals surface area contributed by atoms with Gasteiger partial charge in [0.25, 0.3) is 5.91 Å². The molecule has 0 aliphatic rings. The van der Waals surface area contributed by atoms with E-state index in [1.165, 1.54) is 11.3 Å². The molecule has 116 valence electrons. The van der Waals surface area contributed by atoms with Crippen LogP contribution in [0.25, 0.3) is 9.88 Å². The van der Waals surface area contributed by atoms with E-state index in [2.05, 4.69) is 31.5 Å². The Morgan fingerprint density at radius 1 is 1.48 bits per heavy atom. The largest absolute Gasteiger partial charge is 0.349 e. The molecule has 2 rings (SSSR count). The van der Waals surface area contributed by atoms with E-state index in [9.17, 15) is 4.79 Å². The van der Waals surface area contributed by atoms with Gasteiger partial charge < -0.3 is 10.6 Å². The highest BCUT2D eigenvalue weighted by atomic mass is 79.9. The highest BCUT2D eigenvalue weighted by molar-refractivity contribution is 9.11. The van der Waals surface area contributed by atoms with Gasteiger partial charge in [-0.2, -0.15) is 0 Å². The molecular formula is C13H17BrClN3OS2. The standard InChI is InChI=1S/C13H16BrN3OS2.ClH/c1-3-15-8(2)6-16-12(18)9-7-19-13(17-9)10-4-5-11(14)20-10;/h4-5,7-8,15H,3,6H2,1-2H3,(H,16,18);1H/t8-;/m1./s1. The van der Waals surface area contributed by atoms with E-state index in [1.54, 1.807) is 16.7 Å². The van der Waals surface area contributed by atoms with Gasteiger partial charge in [-0.05, 0) is 41.5 Å². The van der Waals surface area contributed by atoms with Crippen molar-refractivity contribution in [3.05, 3.63) is 27.0 Å². The number of nitrogens with zero attached hydrogens (tertiary/aromatic N) is 1. The summed E-state index contributed by atoms with van der Waals surface area (Å²) in [6, 6.07) is 4.25. The fourth-order valence-corrected chi connectivity index (χ4v) is 3.94. The van der Waals surface area contributed by atoms with Crippen LogP contribution < -0.4 is 10.6 Å². The lowest BCUT2D eigenvalue weighted by molar-refractivity contribution is 0.0946. The summed E-state index contributed by atoms with van der Waals surface area (Å²) in [5.74, 6) is -0.118. The van der Waals surface area contributed by atoms with Crippen LogP contribution in [-0.4, -0.2) is 30.0 Å². The Hall–Kier alpha value is -0.470. The van der Waals surface area contributed by atoms with Gasteiger partial charge in [-0.25, -0.2) is 4.98 Å². The van der Waals surface area contributed by atoms with Crippen molar-refractivity contribution in [2.75, 3.05) is 13.1 Å². The topological polar surface area (TPSA) is 54.0 Å². The number of amides is 1. The third kappa shape index (κ3) is 5.34. The smallest absolute Gasteiger partial charge is 0.270 e. The molecule has 0 aliphatic carbocycles. The van der Waals surface area contributed by atoms with Crippen molar-refractivity contribution in [3.8, 4) is 9.88 Å². The molecular weight excluding hydrogens is 394 g/mol. The fraction of sp³-hybridized carbons (Fsp3) is 0.385. The molecule has 0 aliphatic heterocycles. The summed E-state index contributed by atoms with van der Waals surface area (Å²) in [7, 11) is 0. The first-order valence-electron chi connectivity index (χ1n) is 6.33. The summed E-state index contributed by atoms with van der Waals surface area (Å²) in [5.41, 5.74) is 0.484. The van der Waals surface area contributed by atoms with Crippen LogP contribution in [-0.2, 0) is 0 Å². The Morgan fingerprint density at radius 2 is 2.24 bits per heavy atom. The number of thiazole rings is 1. The lowest BCUT2D eigenvalue weighted by atomic mass is 10.3. The van der Waals surface area contributed by atoms with Crippen molar-refractivity contribution in [1.29, 1.82) is 0 Å². The predicted molar refractivity (Wildman–Crippen MR) is 95.8 cm³/mol. The van der Waals surface area contributed by atoms with E-state index in [-0.39, 0.29) is 24.4 Å². The highest BCUT2D eigenvalue weighted by Crippen LogP contribution is 2.33. The molecule has 0 saturated carbocycles. The molecule has 0 unspecified atom stereocenters.